The molecule has 3 rings (SSSR count). The largest absolute Gasteiger partial charge is 0.342 e. The fraction of sp³-hybridized carbons (Fsp3) is 0.333. The van der Waals surface area contributed by atoms with Gasteiger partial charge < -0.3 is 4.57 Å². The van der Waals surface area contributed by atoms with Crippen LogP contribution in [0.2, 0.25) is 5.02 Å². The molecule has 0 aliphatic carbocycles. The molecular formula is C21H23ClN4O2S. The predicted molar refractivity (Wildman–Crippen MR) is 116 cm³/mol. The molecule has 2 aromatic heterocycles. The minimum Gasteiger partial charge on any atom is -0.342 e. The summed E-state index contributed by atoms with van der Waals surface area (Å²) in [5, 5.41) is 11.2. The van der Waals surface area contributed by atoms with Gasteiger partial charge in [0.15, 0.2) is 0 Å². The van der Waals surface area contributed by atoms with E-state index in [2.05, 4.69) is 11.1 Å². The number of halogens is 1. The van der Waals surface area contributed by atoms with E-state index < -0.39 is 10.0 Å². The van der Waals surface area contributed by atoms with Gasteiger partial charge >= 0.3 is 0 Å². The number of nitrogens with zero attached hydrogens (tertiary/aromatic N) is 4. The SMILES string of the molecule is CCN(CC)S(=O)(=O)CCc1cncc(-c2c(C#N)c3ccc(Cl)cc3n2C)c1. The first-order valence-electron chi connectivity index (χ1n) is 9.42. The summed E-state index contributed by atoms with van der Waals surface area (Å²) >= 11 is 6.13. The number of rotatable bonds is 7. The maximum atomic E-state index is 12.5. The third kappa shape index (κ3) is 4.15. The molecule has 1 aromatic carbocycles. The Morgan fingerprint density at radius 2 is 1.93 bits per heavy atom. The number of benzene rings is 1. The molecule has 0 saturated carbocycles. The van der Waals surface area contributed by atoms with Gasteiger partial charge in [0, 0.05) is 48.5 Å². The Labute approximate surface area is 176 Å². The van der Waals surface area contributed by atoms with Crippen molar-refractivity contribution in [1.82, 2.24) is 13.9 Å². The van der Waals surface area contributed by atoms with E-state index in [4.69, 9.17) is 11.6 Å². The summed E-state index contributed by atoms with van der Waals surface area (Å²) in [4.78, 5) is 4.29. The van der Waals surface area contributed by atoms with E-state index >= 15 is 0 Å². The maximum Gasteiger partial charge on any atom is 0.214 e. The Bertz CT molecular complexity index is 1190. The lowest BCUT2D eigenvalue weighted by Gasteiger charge is -2.18. The highest BCUT2D eigenvalue weighted by Crippen LogP contribution is 2.33. The van der Waals surface area contributed by atoms with Crippen LogP contribution in [0.1, 0.15) is 25.0 Å². The third-order valence-corrected chi connectivity index (χ3v) is 7.35. The van der Waals surface area contributed by atoms with Gasteiger partial charge in [-0.1, -0.05) is 25.4 Å². The Morgan fingerprint density at radius 1 is 1.21 bits per heavy atom. The molecule has 0 N–H and O–H groups in total. The summed E-state index contributed by atoms with van der Waals surface area (Å²) in [6, 6.07) is 9.63. The van der Waals surface area contributed by atoms with E-state index in [0.29, 0.717) is 30.1 Å². The zero-order valence-electron chi connectivity index (χ0n) is 16.7. The standard InChI is InChI=1S/C21H23ClN4O2S/c1-4-26(5-2)29(27,28)9-8-15-10-16(14-24-13-15)21-19(12-23)18-7-6-17(22)11-20(18)25(21)3/h6-7,10-11,13-14H,4-5,8-9H2,1-3H3. The Hall–Kier alpha value is -2.40. The lowest BCUT2D eigenvalue weighted by atomic mass is 10.1. The molecule has 6 nitrogen and oxygen atoms in total. The van der Waals surface area contributed by atoms with Crippen LogP contribution in [0.4, 0.5) is 0 Å². The number of pyridine rings is 1. The summed E-state index contributed by atoms with van der Waals surface area (Å²) in [7, 11) is -1.43. The number of hydrogen-bond donors (Lipinski definition) is 0. The van der Waals surface area contributed by atoms with Gasteiger partial charge in [0.25, 0.3) is 0 Å². The molecule has 0 spiro atoms. The summed E-state index contributed by atoms with van der Waals surface area (Å²) < 4.78 is 28.3. The number of nitriles is 1. The second-order valence-electron chi connectivity index (χ2n) is 6.79. The van der Waals surface area contributed by atoms with Crippen molar-refractivity contribution in [3.8, 4) is 17.3 Å². The quantitative estimate of drug-likeness (QED) is 0.567. The lowest BCUT2D eigenvalue weighted by molar-refractivity contribution is 0.445. The summed E-state index contributed by atoms with van der Waals surface area (Å²) in [6.07, 6.45) is 3.73. The van der Waals surface area contributed by atoms with Gasteiger partial charge in [0.2, 0.25) is 10.0 Å². The van der Waals surface area contributed by atoms with Gasteiger partial charge in [-0.2, -0.15) is 5.26 Å². The fourth-order valence-electron chi connectivity index (χ4n) is 3.61. The molecule has 0 fully saturated rings. The van der Waals surface area contributed by atoms with Crippen LogP contribution in [0.15, 0.2) is 36.7 Å². The second kappa shape index (κ2) is 8.54. The third-order valence-electron chi connectivity index (χ3n) is 5.09. The topological polar surface area (TPSA) is 79.0 Å². The molecule has 0 aliphatic heterocycles. The molecular weight excluding hydrogens is 408 g/mol. The number of hydrogen-bond acceptors (Lipinski definition) is 4. The predicted octanol–water partition coefficient (Wildman–Crippen LogP) is 3.98. The van der Waals surface area contributed by atoms with Crippen LogP contribution in [0.3, 0.4) is 0 Å². The van der Waals surface area contributed by atoms with E-state index in [9.17, 15) is 13.7 Å². The Morgan fingerprint density at radius 3 is 2.59 bits per heavy atom. The summed E-state index contributed by atoms with van der Waals surface area (Å²) in [5.41, 5.74) is 3.73. The van der Waals surface area contributed by atoms with Crippen molar-refractivity contribution in [3.63, 3.8) is 0 Å². The molecule has 0 amide bonds. The van der Waals surface area contributed by atoms with E-state index in [1.807, 2.05) is 43.7 Å². The molecule has 0 saturated heterocycles. The van der Waals surface area contributed by atoms with E-state index in [1.54, 1.807) is 18.5 Å². The van der Waals surface area contributed by atoms with Crippen LogP contribution in [0.25, 0.3) is 22.2 Å². The van der Waals surface area contributed by atoms with Crippen molar-refractivity contribution in [2.45, 2.75) is 20.3 Å². The van der Waals surface area contributed by atoms with E-state index in [-0.39, 0.29) is 5.75 Å². The van der Waals surface area contributed by atoms with Crippen molar-refractivity contribution < 1.29 is 8.42 Å². The van der Waals surface area contributed by atoms with Crippen molar-refractivity contribution in [2.24, 2.45) is 7.05 Å². The zero-order valence-corrected chi connectivity index (χ0v) is 18.3. The fourth-order valence-corrected chi connectivity index (χ4v) is 5.31. The Kier molecular flexibility index (Phi) is 6.27. The molecule has 8 heteroatoms. The van der Waals surface area contributed by atoms with Crippen LogP contribution >= 0.6 is 11.6 Å². The molecule has 152 valence electrons. The van der Waals surface area contributed by atoms with Gasteiger partial charge in [-0.15, -0.1) is 0 Å². The highest BCUT2D eigenvalue weighted by molar-refractivity contribution is 7.89. The van der Waals surface area contributed by atoms with Gasteiger partial charge in [0.1, 0.15) is 6.07 Å². The molecule has 0 aliphatic rings. The van der Waals surface area contributed by atoms with Gasteiger partial charge in [0.05, 0.1) is 22.5 Å². The lowest BCUT2D eigenvalue weighted by Crippen LogP contribution is -2.33. The molecule has 0 radical (unpaired) electrons. The van der Waals surface area contributed by atoms with Crippen molar-refractivity contribution in [1.29, 1.82) is 5.26 Å². The molecule has 3 aromatic rings. The minimum absolute atomic E-state index is 0.0235. The Balaban J connectivity index is 1.99. The minimum atomic E-state index is -3.31. The number of aromatic nitrogens is 2. The first kappa shape index (κ1) is 21.3. The summed E-state index contributed by atoms with van der Waals surface area (Å²) in [5.74, 6) is 0.0235. The highest BCUT2D eigenvalue weighted by Gasteiger charge is 2.20. The molecule has 0 bridgehead atoms. The highest BCUT2D eigenvalue weighted by atomic mass is 35.5. The van der Waals surface area contributed by atoms with Gasteiger partial charge in [-0.05, 0) is 36.2 Å². The number of fused-ring (bicyclic) bond motifs is 1. The van der Waals surface area contributed by atoms with Crippen LogP contribution in [0, 0.1) is 11.3 Å². The average Bonchev–Trinajstić information content (AvgIpc) is 2.98. The summed E-state index contributed by atoms with van der Waals surface area (Å²) in [6.45, 7) is 4.58. The molecule has 29 heavy (non-hydrogen) atoms. The van der Waals surface area contributed by atoms with Crippen LogP contribution < -0.4 is 0 Å². The van der Waals surface area contributed by atoms with Crippen molar-refractivity contribution >= 4 is 32.5 Å². The normalized spacial score (nSPS) is 11.9. The van der Waals surface area contributed by atoms with Crippen molar-refractivity contribution in [2.75, 3.05) is 18.8 Å². The smallest absolute Gasteiger partial charge is 0.214 e. The first-order valence-corrected chi connectivity index (χ1v) is 11.4. The monoisotopic (exact) mass is 430 g/mol. The van der Waals surface area contributed by atoms with Gasteiger partial charge in [-0.25, -0.2) is 12.7 Å². The molecule has 0 atom stereocenters. The van der Waals surface area contributed by atoms with Gasteiger partial charge in [-0.3, -0.25) is 4.98 Å². The maximum absolute atomic E-state index is 12.5. The molecule has 2 heterocycles. The second-order valence-corrected chi connectivity index (χ2v) is 9.31. The molecule has 0 unspecified atom stereocenters. The number of aryl methyl sites for hydroxylation is 2. The number of sulfonamides is 1. The average molecular weight is 431 g/mol. The van der Waals surface area contributed by atoms with E-state index in [0.717, 1.165) is 27.7 Å². The van der Waals surface area contributed by atoms with Crippen molar-refractivity contribution in [3.05, 3.63) is 52.8 Å². The zero-order chi connectivity index (χ0) is 21.2. The first-order chi connectivity index (χ1) is 13.8. The van der Waals surface area contributed by atoms with Crippen LogP contribution in [-0.4, -0.2) is 41.1 Å². The van der Waals surface area contributed by atoms with Crippen LogP contribution in [-0.2, 0) is 23.5 Å². The van der Waals surface area contributed by atoms with Crippen LogP contribution in [0.5, 0.6) is 0 Å². The van der Waals surface area contributed by atoms with E-state index in [1.165, 1.54) is 4.31 Å².